The Bertz CT molecular complexity index is 457. The minimum absolute atomic E-state index is 0.0508. The van der Waals surface area contributed by atoms with Gasteiger partial charge in [0.25, 0.3) is 0 Å². The second-order valence-corrected chi connectivity index (χ2v) is 6.83. The molecule has 2 fully saturated rings. The van der Waals surface area contributed by atoms with Gasteiger partial charge in [-0.15, -0.1) is 0 Å². The quantitative estimate of drug-likeness (QED) is 0.717. The zero-order chi connectivity index (χ0) is 16.6. The van der Waals surface area contributed by atoms with E-state index in [0.717, 1.165) is 58.8 Å². The van der Waals surface area contributed by atoms with E-state index in [-0.39, 0.29) is 6.29 Å². The highest BCUT2D eigenvalue weighted by Crippen LogP contribution is 2.19. The molecule has 3 rings (SSSR count). The van der Waals surface area contributed by atoms with Gasteiger partial charge in [-0.05, 0) is 44.7 Å². The second kappa shape index (κ2) is 9.47. The van der Waals surface area contributed by atoms with E-state index < -0.39 is 0 Å². The van der Waals surface area contributed by atoms with Crippen LogP contribution in [0.25, 0.3) is 0 Å². The number of pyridine rings is 1. The molecule has 0 saturated carbocycles. The van der Waals surface area contributed by atoms with E-state index in [4.69, 9.17) is 9.47 Å². The largest absolute Gasteiger partial charge is 0.353 e. The second-order valence-electron chi connectivity index (χ2n) is 6.83. The van der Waals surface area contributed by atoms with Crippen molar-refractivity contribution in [3.05, 3.63) is 30.1 Å². The van der Waals surface area contributed by atoms with Crippen LogP contribution in [-0.4, -0.2) is 67.0 Å². The van der Waals surface area contributed by atoms with Crippen molar-refractivity contribution in [3.63, 3.8) is 0 Å². The van der Waals surface area contributed by atoms with Crippen molar-refractivity contribution >= 4 is 0 Å². The Morgan fingerprint density at radius 3 is 2.83 bits per heavy atom. The molecule has 0 spiro atoms. The zero-order valence-corrected chi connectivity index (χ0v) is 14.9. The Kier molecular flexibility index (Phi) is 7.02. The van der Waals surface area contributed by atoms with Gasteiger partial charge in [-0.3, -0.25) is 9.88 Å². The van der Waals surface area contributed by atoms with Crippen molar-refractivity contribution in [1.29, 1.82) is 0 Å². The molecule has 2 atom stereocenters. The molecule has 0 aliphatic carbocycles. The molecule has 0 unspecified atom stereocenters. The van der Waals surface area contributed by atoms with Gasteiger partial charge in [-0.2, -0.15) is 0 Å². The standard InChI is InChI=1S/C19H31N3O2/c1-17(18-7-2-4-9-20-18)22-13-11-21(12-14-22)10-6-16-24-19-8-3-5-15-23-19/h2,4,7,9,17,19H,3,5-6,8,10-16H2,1H3/t17-,19+/m1/s1. The summed E-state index contributed by atoms with van der Waals surface area (Å²) >= 11 is 0. The van der Waals surface area contributed by atoms with Crippen LogP contribution in [0.15, 0.2) is 24.4 Å². The molecule has 2 aliphatic heterocycles. The van der Waals surface area contributed by atoms with Crippen molar-refractivity contribution in [2.75, 3.05) is 45.9 Å². The highest BCUT2D eigenvalue weighted by atomic mass is 16.7. The first-order chi connectivity index (χ1) is 11.8. The molecule has 0 aromatic carbocycles. The van der Waals surface area contributed by atoms with E-state index in [2.05, 4.69) is 33.8 Å². The molecule has 2 aliphatic rings. The monoisotopic (exact) mass is 333 g/mol. The Labute approximate surface area is 145 Å². The fraction of sp³-hybridized carbons (Fsp3) is 0.737. The van der Waals surface area contributed by atoms with Gasteiger partial charge < -0.3 is 14.4 Å². The van der Waals surface area contributed by atoms with E-state index in [0.29, 0.717) is 6.04 Å². The Balaban J connectivity index is 1.30. The van der Waals surface area contributed by atoms with Gasteiger partial charge >= 0.3 is 0 Å². The molecular weight excluding hydrogens is 302 g/mol. The van der Waals surface area contributed by atoms with Crippen molar-refractivity contribution in [2.45, 2.75) is 44.9 Å². The predicted molar refractivity (Wildman–Crippen MR) is 94.8 cm³/mol. The third-order valence-corrected chi connectivity index (χ3v) is 5.13. The average molecular weight is 333 g/mol. The van der Waals surface area contributed by atoms with E-state index in [1.165, 1.54) is 18.5 Å². The van der Waals surface area contributed by atoms with Gasteiger partial charge in [-0.1, -0.05) is 6.07 Å². The van der Waals surface area contributed by atoms with Crippen molar-refractivity contribution in [1.82, 2.24) is 14.8 Å². The topological polar surface area (TPSA) is 37.8 Å². The Morgan fingerprint density at radius 2 is 2.12 bits per heavy atom. The molecule has 5 nitrogen and oxygen atoms in total. The molecule has 2 saturated heterocycles. The SMILES string of the molecule is C[C@H](c1ccccn1)N1CCN(CCCO[C@H]2CCCCO2)CC1. The summed E-state index contributed by atoms with van der Waals surface area (Å²) in [5.74, 6) is 0. The van der Waals surface area contributed by atoms with Crippen LogP contribution in [-0.2, 0) is 9.47 Å². The minimum atomic E-state index is 0.0508. The third kappa shape index (κ3) is 5.24. The van der Waals surface area contributed by atoms with Crippen molar-refractivity contribution < 1.29 is 9.47 Å². The molecule has 0 radical (unpaired) electrons. The maximum Gasteiger partial charge on any atom is 0.157 e. The van der Waals surface area contributed by atoms with Crippen LogP contribution in [0, 0.1) is 0 Å². The summed E-state index contributed by atoms with van der Waals surface area (Å²) in [5, 5.41) is 0. The fourth-order valence-electron chi connectivity index (χ4n) is 3.53. The van der Waals surface area contributed by atoms with Gasteiger partial charge in [-0.25, -0.2) is 0 Å². The Morgan fingerprint density at radius 1 is 1.25 bits per heavy atom. The first-order valence-electron chi connectivity index (χ1n) is 9.43. The summed E-state index contributed by atoms with van der Waals surface area (Å²) in [7, 11) is 0. The number of piperazine rings is 1. The molecule has 1 aromatic heterocycles. The first-order valence-corrected chi connectivity index (χ1v) is 9.43. The minimum Gasteiger partial charge on any atom is -0.353 e. The molecular formula is C19H31N3O2. The lowest BCUT2D eigenvalue weighted by Gasteiger charge is -2.37. The van der Waals surface area contributed by atoms with E-state index in [1.807, 2.05) is 12.3 Å². The lowest BCUT2D eigenvalue weighted by molar-refractivity contribution is -0.163. The van der Waals surface area contributed by atoms with Gasteiger partial charge in [0.15, 0.2) is 6.29 Å². The number of ether oxygens (including phenoxy) is 2. The summed E-state index contributed by atoms with van der Waals surface area (Å²) in [5.41, 5.74) is 1.17. The van der Waals surface area contributed by atoms with E-state index >= 15 is 0 Å². The van der Waals surface area contributed by atoms with Gasteiger partial charge in [0.1, 0.15) is 0 Å². The maximum atomic E-state index is 5.82. The van der Waals surface area contributed by atoms with Crippen LogP contribution in [0.2, 0.25) is 0 Å². The highest BCUT2D eigenvalue weighted by molar-refractivity contribution is 5.08. The van der Waals surface area contributed by atoms with Crippen LogP contribution in [0.4, 0.5) is 0 Å². The summed E-state index contributed by atoms with van der Waals surface area (Å²) in [6, 6.07) is 6.58. The van der Waals surface area contributed by atoms with E-state index in [9.17, 15) is 0 Å². The van der Waals surface area contributed by atoms with Crippen LogP contribution < -0.4 is 0 Å². The summed E-state index contributed by atoms with van der Waals surface area (Å²) < 4.78 is 11.4. The van der Waals surface area contributed by atoms with Gasteiger partial charge in [0.2, 0.25) is 0 Å². The first kappa shape index (κ1) is 17.8. The maximum absolute atomic E-state index is 5.82. The van der Waals surface area contributed by atoms with Gasteiger partial charge in [0, 0.05) is 51.6 Å². The molecule has 24 heavy (non-hydrogen) atoms. The normalized spacial score (nSPS) is 24.8. The van der Waals surface area contributed by atoms with Crippen LogP contribution in [0.3, 0.4) is 0 Å². The van der Waals surface area contributed by atoms with Crippen LogP contribution >= 0.6 is 0 Å². The number of hydrogen-bond donors (Lipinski definition) is 0. The highest BCUT2D eigenvalue weighted by Gasteiger charge is 2.22. The number of nitrogens with zero attached hydrogens (tertiary/aromatic N) is 3. The summed E-state index contributed by atoms with van der Waals surface area (Å²) in [6.07, 6.45) is 6.51. The molecule has 1 aromatic rings. The Hall–Kier alpha value is -1.01. The predicted octanol–water partition coefficient (Wildman–Crippen LogP) is 2.69. The fourth-order valence-corrected chi connectivity index (χ4v) is 3.53. The smallest absolute Gasteiger partial charge is 0.157 e. The van der Waals surface area contributed by atoms with Crippen LogP contribution in [0.1, 0.15) is 44.3 Å². The van der Waals surface area contributed by atoms with Crippen molar-refractivity contribution in [3.8, 4) is 0 Å². The number of aromatic nitrogens is 1. The third-order valence-electron chi connectivity index (χ3n) is 5.13. The van der Waals surface area contributed by atoms with Crippen LogP contribution in [0.5, 0.6) is 0 Å². The average Bonchev–Trinajstić information content (AvgIpc) is 2.67. The lowest BCUT2D eigenvalue weighted by Crippen LogP contribution is -2.47. The summed E-state index contributed by atoms with van der Waals surface area (Å²) in [4.78, 5) is 9.58. The van der Waals surface area contributed by atoms with Gasteiger partial charge in [0.05, 0.1) is 12.3 Å². The molecule has 0 bridgehead atoms. The number of hydrogen-bond acceptors (Lipinski definition) is 5. The van der Waals surface area contributed by atoms with E-state index in [1.54, 1.807) is 0 Å². The summed E-state index contributed by atoms with van der Waals surface area (Å²) in [6.45, 7) is 9.56. The molecule has 5 heteroatoms. The molecule has 3 heterocycles. The lowest BCUT2D eigenvalue weighted by atomic mass is 10.1. The molecule has 134 valence electrons. The molecule has 0 amide bonds. The number of rotatable bonds is 7. The zero-order valence-electron chi connectivity index (χ0n) is 14.9. The van der Waals surface area contributed by atoms with Crippen molar-refractivity contribution in [2.24, 2.45) is 0 Å². The molecule has 0 N–H and O–H groups in total.